The van der Waals surface area contributed by atoms with Gasteiger partial charge >= 0.3 is 5.97 Å². The predicted octanol–water partition coefficient (Wildman–Crippen LogP) is 1.15. The maximum Gasteiger partial charge on any atom is 0.344 e. The Bertz CT molecular complexity index is 446. The summed E-state index contributed by atoms with van der Waals surface area (Å²) in [4.78, 5) is 14.8. The van der Waals surface area contributed by atoms with Crippen molar-refractivity contribution in [2.24, 2.45) is 5.16 Å². The molecule has 0 saturated heterocycles. The molecular weight excluding hydrogens is 254 g/mol. The van der Waals surface area contributed by atoms with Crippen LogP contribution in [0.2, 0.25) is 0 Å². The third-order valence-electron chi connectivity index (χ3n) is 2.15. The van der Waals surface area contributed by atoms with Crippen molar-refractivity contribution < 1.29 is 28.9 Å². The number of carboxylic acid groups (broad SMARTS) is 1. The van der Waals surface area contributed by atoms with E-state index in [9.17, 15) is 4.79 Å². The molecule has 0 aromatic heterocycles. The molecule has 7 heteroatoms. The molecular formula is C12H15NO6. The molecule has 0 bridgehead atoms. The molecule has 0 saturated carbocycles. The van der Waals surface area contributed by atoms with E-state index in [1.165, 1.54) is 27.5 Å². The zero-order valence-electron chi connectivity index (χ0n) is 10.9. The van der Waals surface area contributed by atoms with E-state index < -0.39 is 12.6 Å². The maximum absolute atomic E-state index is 10.2. The summed E-state index contributed by atoms with van der Waals surface area (Å²) in [7, 11) is 4.50. The second-order valence-corrected chi connectivity index (χ2v) is 3.36. The van der Waals surface area contributed by atoms with Gasteiger partial charge in [-0.2, -0.15) is 0 Å². The van der Waals surface area contributed by atoms with E-state index in [1.807, 2.05) is 0 Å². The minimum absolute atomic E-state index is 0.466. The van der Waals surface area contributed by atoms with Crippen molar-refractivity contribution in [2.45, 2.75) is 0 Å². The summed E-state index contributed by atoms with van der Waals surface area (Å²) < 4.78 is 15.5. The molecule has 19 heavy (non-hydrogen) atoms. The number of carbonyl (C=O) groups is 1. The van der Waals surface area contributed by atoms with E-state index in [-0.39, 0.29) is 0 Å². The first kappa shape index (κ1) is 14.6. The number of methoxy groups -OCH3 is 3. The van der Waals surface area contributed by atoms with Crippen LogP contribution in [-0.2, 0) is 9.63 Å². The fourth-order valence-corrected chi connectivity index (χ4v) is 1.37. The second-order valence-electron chi connectivity index (χ2n) is 3.36. The Balaban J connectivity index is 2.93. The van der Waals surface area contributed by atoms with Gasteiger partial charge in [-0.25, -0.2) is 4.79 Å². The highest BCUT2D eigenvalue weighted by Gasteiger charge is 2.12. The van der Waals surface area contributed by atoms with Crippen molar-refractivity contribution >= 4 is 12.2 Å². The lowest BCUT2D eigenvalue weighted by atomic mass is 10.2. The average molecular weight is 269 g/mol. The van der Waals surface area contributed by atoms with Gasteiger partial charge < -0.3 is 24.2 Å². The van der Waals surface area contributed by atoms with Crippen molar-refractivity contribution in [3.05, 3.63) is 17.7 Å². The Morgan fingerprint density at radius 1 is 1.21 bits per heavy atom. The number of carboxylic acids is 1. The van der Waals surface area contributed by atoms with Gasteiger partial charge in [0.15, 0.2) is 11.5 Å². The first-order valence-electron chi connectivity index (χ1n) is 5.29. The molecule has 1 rings (SSSR count). The van der Waals surface area contributed by atoms with Crippen molar-refractivity contribution in [3.8, 4) is 17.2 Å². The largest absolute Gasteiger partial charge is 0.493 e. The number of benzene rings is 1. The third-order valence-corrected chi connectivity index (χ3v) is 2.15. The van der Waals surface area contributed by atoms with E-state index in [0.29, 0.717) is 22.8 Å². The summed E-state index contributed by atoms with van der Waals surface area (Å²) in [5, 5.41) is 11.9. The van der Waals surface area contributed by atoms with Crippen LogP contribution in [0.4, 0.5) is 0 Å². The smallest absolute Gasteiger partial charge is 0.344 e. The zero-order chi connectivity index (χ0) is 14.3. The van der Waals surface area contributed by atoms with Crippen LogP contribution in [0.3, 0.4) is 0 Å². The highest BCUT2D eigenvalue weighted by molar-refractivity contribution is 5.82. The minimum Gasteiger partial charge on any atom is -0.493 e. The van der Waals surface area contributed by atoms with Gasteiger partial charge in [0.2, 0.25) is 12.4 Å². The summed E-state index contributed by atoms with van der Waals surface area (Å²) in [6.07, 6.45) is 1.35. The normalized spacial score (nSPS) is 10.3. The zero-order valence-corrected chi connectivity index (χ0v) is 10.9. The molecule has 1 N–H and O–H groups in total. The van der Waals surface area contributed by atoms with E-state index in [2.05, 4.69) is 9.99 Å². The number of hydrogen-bond acceptors (Lipinski definition) is 6. The minimum atomic E-state index is -1.10. The van der Waals surface area contributed by atoms with Crippen LogP contribution in [0.5, 0.6) is 17.2 Å². The van der Waals surface area contributed by atoms with Crippen molar-refractivity contribution in [1.29, 1.82) is 0 Å². The van der Waals surface area contributed by atoms with Crippen molar-refractivity contribution in [1.82, 2.24) is 0 Å². The van der Waals surface area contributed by atoms with E-state index in [0.717, 1.165) is 0 Å². The Morgan fingerprint density at radius 2 is 1.79 bits per heavy atom. The maximum atomic E-state index is 10.2. The van der Waals surface area contributed by atoms with Crippen LogP contribution >= 0.6 is 0 Å². The standard InChI is InChI=1S/C12H15NO6/c1-16-9-4-8(6-13-19-7-11(14)15)5-10(17-2)12(9)18-3/h4-6H,7H2,1-3H3,(H,14,15)/b13-6+. The van der Waals surface area contributed by atoms with Crippen LogP contribution < -0.4 is 14.2 Å². The molecule has 0 aliphatic rings. The number of rotatable bonds is 7. The van der Waals surface area contributed by atoms with Gasteiger partial charge in [0.1, 0.15) is 0 Å². The highest BCUT2D eigenvalue weighted by atomic mass is 16.6. The lowest BCUT2D eigenvalue weighted by Gasteiger charge is -2.12. The SMILES string of the molecule is COc1cc(/C=N/OCC(=O)O)cc(OC)c1OC. The topological polar surface area (TPSA) is 86.6 Å². The van der Waals surface area contributed by atoms with Gasteiger partial charge in [-0.15, -0.1) is 0 Å². The van der Waals surface area contributed by atoms with Gasteiger partial charge in [0, 0.05) is 5.56 Å². The van der Waals surface area contributed by atoms with Crippen LogP contribution in [0.1, 0.15) is 5.56 Å². The monoisotopic (exact) mass is 269 g/mol. The summed E-state index contributed by atoms with van der Waals surface area (Å²) in [6.45, 7) is -0.499. The number of hydrogen-bond donors (Lipinski definition) is 1. The molecule has 1 aromatic rings. The molecule has 7 nitrogen and oxygen atoms in total. The molecule has 0 heterocycles. The van der Waals surface area contributed by atoms with Gasteiger partial charge in [0.05, 0.1) is 27.5 Å². The van der Waals surface area contributed by atoms with E-state index in [4.69, 9.17) is 19.3 Å². The number of oxime groups is 1. The lowest BCUT2D eigenvalue weighted by molar-refractivity contribution is -0.142. The Hall–Kier alpha value is -2.44. The third kappa shape index (κ3) is 4.06. The quantitative estimate of drug-likeness (QED) is 0.590. The Morgan fingerprint density at radius 3 is 2.21 bits per heavy atom. The summed E-state index contributed by atoms with van der Waals surface area (Å²) in [6, 6.07) is 3.32. The fraction of sp³-hybridized carbons (Fsp3) is 0.333. The van der Waals surface area contributed by atoms with Crippen molar-refractivity contribution in [2.75, 3.05) is 27.9 Å². The molecule has 0 unspecified atom stereocenters. The second kappa shape index (κ2) is 7.10. The lowest BCUT2D eigenvalue weighted by Crippen LogP contribution is -2.03. The van der Waals surface area contributed by atoms with Gasteiger partial charge in [0.25, 0.3) is 0 Å². The van der Waals surface area contributed by atoms with Crippen LogP contribution in [0, 0.1) is 0 Å². The molecule has 0 fully saturated rings. The molecule has 104 valence electrons. The molecule has 0 amide bonds. The average Bonchev–Trinajstić information content (AvgIpc) is 2.42. The predicted molar refractivity (Wildman–Crippen MR) is 67.3 cm³/mol. The molecule has 1 aromatic carbocycles. The first-order valence-corrected chi connectivity index (χ1v) is 5.29. The van der Waals surface area contributed by atoms with Gasteiger partial charge in [-0.1, -0.05) is 5.16 Å². The van der Waals surface area contributed by atoms with E-state index >= 15 is 0 Å². The first-order chi connectivity index (χ1) is 9.12. The van der Waals surface area contributed by atoms with Gasteiger partial charge in [-0.3, -0.25) is 0 Å². The summed E-state index contributed by atoms with van der Waals surface area (Å²) >= 11 is 0. The molecule has 0 radical (unpaired) electrons. The Kier molecular flexibility index (Phi) is 5.46. The highest BCUT2D eigenvalue weighted by Crippen LogP contribution is 2.37. The molecule has 0 spiro atoms. The number of nitrogens with zero attached hydrogens (tertiary/aromatic N) is 1. The van der Waals surface area contributed by atoms with Crippen LogP contribution in [0.25, 0.3) is 0 Å². The van der Waals surface area contributed by atoms with Crippen LogP contribution in [-0.4, -0.2) is 45.2 Å². The molecule has 0 aliphatic carbocycles. The van der Waals surface area contributed by atoms with Gasteiger partial charge in [-0.05, 0) is 12.1 Å². The number of aliphatic carboxylic acids is 1. The van der Waals surface area contributed by atoms with E-state index in [1.54, 1.807) is 12.1 Å². The molecule has 0 atom stereocenters. The van der Waals surface area contributed by atoms with Crippen LogP contribution in [0.15, 0.2) is 17.3 Å². The Labute approximate surface area is 110 Å². The number of ether oxygens (including phenoxy) is 3. The molecule has 0 aliphatic heterocycles. The summed E-state index contributed by atoms with van der Waals surface area (Å²) in [5.41, 5.74) is 0.625. The fourth-order valence-electron chi connectivity index (χ4n) is 1.37. The summed E-state index contributed by atoms with van der Waals surface area (Å²) in [5.74, 6) is 0.318. The van der Waals surface area contributed by atoms with Crippen molar-refractivity contribution in [3.63, 3.8) is 0 Å².